The van der Waals surface area contributed by atoms with E-state index in [1.165, 1.54) is 12.4 Å². The maximum Gasteiger partial charge on any atom is 0.323 e. The van der Waals surface area contributed by atoms with E-state index in [-0.39, 0.29) is 0 Å². The van der Waals surface area contributed by atoms with Gasteiger partial charge in [-0.1, -0.05) is 0 Å². The highest BCUT2D eigenvalue weighted by Crippen LogP contribution is 2.32. The van der Waals surface area contributed by atoms with E-state index in [9.17, 15) is 4.79 Å². The minimum atomic E-state index is -0.407. The van der Waals surface area contributed by atoms with E-state index in [4.69, 9.17) is 9.47 Å². The van der Waals surface area contributed by atoms with Crippen LogP contribution in [0.1, 0.15) is 0 Å². The molecule has 0 saturated carbocycles. The minimum Gasteiger partial charge on any atom is -0.486 e. The second kappa shape index (κ2) is 6.48. The highest BCUT2D eigenvalue weighted by atomic mass is 16.6. The molecule has 1 aliphatic heterocycles. The average molecular weight is 338 g/mol. The third kappa shape index (κ3) is 3.34. The number of amides is 2. The Morgan fingerprint density at radius 3 is 2.56 bits per heavy atom. The van der Waals surface area contributed by atoms with Crippen LogP contribution in [0.4, 0.5) is 16.2 Å². The summed E-state index contributed by atoms with van der Waals surface area (Å²) in [5, 5.41) is 5.40. The van der Waals surface area contributed by atoms with Crippen LogP contribution in [0, 0.1) is 0 Å². The number of carbonyl (C=O) groups excluding carboxylic acids is 1. The summed E-state index contributed by atoms with van der Waals surface area (Å²) < 4.78 is 12.6. The Kier molecular flexibility index (Phi) is 3.87. The largest absolute Gasteiger partial charge is 0.486 e. The molecule has 0 bridgehead atoms. The number of hydrogen-bond donors (Lipinski definition) is 2. The van der Waals surface area contributed by atoms with Gasteiger partial charge in [-0.05, 0) is 12.1 Å². The molecule has 0 aliphatic carbocycles. The van der Waals surface area contributed by atoms with Crippen molar-refractivity contribution >= 4 is 17.4 Å². The van der Waals surface area contributed by atoms with Crippen molar-refractivity contribution in [2.75, 3.05) is 23.8 Å². The van der Waals surface area contributed by atoms with Crippen LogP contribution in [0.3, 0.4) is 0 Å². The molecule has 0 fully saturated rings. The highest BCUT2D eigenvalue weighted by Gasteiger charge is 2.13. The molecule has 1 aliphatic rings. The van der Waals surface area contributed by atoms with Crippen LogP contribution in [0.2, 0.25) is 0 Å². The zero-order chi connectivity index (χ0) is 17.1. The van der Waals surface area contributed by atoms with Gasteiger partial charge in [0, 0.05) is 24.1 Å². The molecule has 1 aromatic carbocycles. The first kappa shape index (κ1) is 14.9. The average Bonchev–Trinajstić information content (AvgIpc) is 3.17. The molecule has 9 heteroatoms. The number of nitrogens with one attached hydrogen (secondary N) is 2. The van der Waals surface area contributed by atoms with E-state index in [1.54, 1.807) is 41.5 Å². The highest BCUT2D eigenvalue weighted by molar-refractivity contribution is 5.99. The maximum atomic E-state index is 12.1. The molecule has 0 spiro atoms. The van der Waals surface area contributed by atoms with Crippen molar-refractivity contribution in [2.24, 2.45) is 0 Å². The Bertz CT molecular complexity index is 879. The van der Waals surface area contributed by atoms with Crippen LogP contribution < -0.4 is 20.1 Å². The topological polar surface area (TPSA) is 103 Å². The molecule has 25 heavy (non-hydrogen) atoms. The van der Waals surface area contributed by atoms with Crippen LogP contribution in [0.5, 0.6) is 11.5 Å². The summed E-state index contributed by atoms with van der Waals surface area (Å²) in [5.74, 6) is 1.74. The Balaban J connectivity index is 1.40. The quantitative estimate of drug-likeness (QED) is 0.758. The lowest BCUT2D eigenvalue weighted by atomic mass is 10.2. The Morgan fingerprint density at radius 1 is 1.04 bits per heavy atom. The fraction of sp³-hybridized carbons (Fsp3) is 0.125. The standard InChI is InChI=1S/C16H14N6O3/c23-16(20-11-1-2-13-14(7-11)25-6-5-24-13)21-12-8-18-15(19-9-12)22-4-3-17-10-22/h1-4,7-10H,5-6H2,(H2,20,21,23). The summed E-state index contributed by atoms with van der Waals surface area (Å²) in [6.07, 6.45) is 8.00. The van der Waals surface area contributed by atoms with Gasteiger partial charge in [-0.25, -0.2) is 19.7 Å². The molecular weight excluding hydrogens is 324 g/mol. The van der Waals surface area contributed by atoms with Crippen LogP contribution in [0.25, 0.3) is 5.95 Å². The van der Waals surface area contributed by atoms with E-state index in [2.05, 4.69) is 25.6 Å². The number of hydrogen-bond acceptors (Lipinski definition) is 6. The zero-order valence-corrected chi connectivity index (χ0v) is 13.0. The van der Waals surface area contributed by atoms with Crippen molar-refractivity contribution in [1.29, 1.82) is 0 Å². The summed E-state index contributed by atoms with van der Waals surface area (Å²) >= 11 is 0. The lowest BCUT2D eigenvalue weighted by Gasteiger charge is -2.19. The van der Waals surface area contributed by atoms with Crippen molar-refractivity contribution in [3.05, 3.63) is 49.3 Å². The smallest absolute Gasteiger partial charge is 0.323 e. The number of carbonyl (C=O) groups is 1. The first-order chi connectivity index (χ1) is 12.3. The molecule has 0 saturated heterocycles. The fourth-order valence-electron chi connectivity index (χ4n) is 2.31. The number of aromatic nitrogens is 4. The lowest BCUT2D eigenvalue weighted by molar-refractivity contribution is 0.171. The lowest BCUT2D eigenvalue weighted by Crippen LogP contribution is -2.20. The van der Waals surface area contributed by atoms with Crippen molar-refractivity contribution in [2.45, 2.75) is 0 Å². The SMILES string of the molecule is O=C(Nc1cnc(-n2ccnc2)nc1)Nc1ccc2c(c1)OCCO2. The molecular formula is C16H14N6O3. The number of nitrogens with zero attached hydrogens (tertiary/aromatic N) is 4. The van der Waals surface area contributed by atoms with E-state index < -0.39 is 6.03 Å². The Morgan fingerprint density at radius 2 is 1.80 bits per heavy atom. The molecule has 3 heterocycles. The van der Waals surface area contributed by atoms with Crippen molar-refractivity contribution in [1.82, 2.24) is 19.5 Å². The molecule has 126 valence electrons. The summed E-state index contributed by atoms with van der Waals surface area (Å²) in [7, 11) is 0. The second-order valence-corrected chi connectivity index (χ2v) is 5.18. The van der Waals surface area contributed by atoms with Crippen LogP contribution in [-0.2, 0) is 0 Å². The summed E-state index contributed by atoms with van der Waals surface area (Å²) in [5.41, 5.74) is 1.07. The molecule has 9 nitrogen and oxygen atoms in total. The van der Waals surface area contributed by atoms with Gasteiger partial charge in [0.1, 0.15) is 19.5 Å². The van der Waals surface area contributed by atoms with E-state index in [0.29, 0.717) is 42.0 Å². The second-order valence-electron chi connectivity index (χ2n) is 5.18. The number of urea groups is 1. The third-order valence-electron chi connectivity index (χ3n) is 3.43. The van der Waals surface area contributed by atoms with E-state index in [1.807, 2.05) is 0 Å². The molecule has 0 atom stereocenters. The number of benzene rings is 1. The number of fused-ring (bicyclic) bond motifs is 1. The maximum absolute atomic E-state index is 12.1. The van der Waals surface area contributed by atoms with E-state index >= 15 is 0 Å². The number of ether oxygens (including phenoxy) is 2. The molecule has 2 amide bonds. The number of rotatable bonds is 3. The van der Waals surface area contributed by atoms with Gasteiger partial charge in [0.05, 0.1) is 18.1 Å². The zero-order valence-electron chi connectivity index (χ0n) is 13.0. The molecule has 2 N–H and O–H groups in total. The van der Waals surface area contributed by atoms with Gasteiger partial charge in [0.25, 0.3) is 0 Å². The fourth-order valence-corrected chi connectivity index (χ4v) is 2.31. The van der Waals surface area contributed by atoms with Gasteiger partial charge in [0.15, 0.2) is 11.5 Å². The van der Waals surface area contributed by atoms with Gasteiger partial charge in [-0.2, -0.15) is 0 Å². The first-order valence-electron chi connectivity index (χ1n) is 7.56. The normalized spacial score (nSPS) is 12.5. The summed E-state index contributed by atoms with van der Waals surface area (Å²) in [6, 6.07) is 4.81. The monoisotopic (exact) mass is 338 g/mol. The van der Waals surface area contributed by atoms with Crippen LogP contribution in [0.15, 0.2) is 49.3 Å². The molecule has 2 aromatic heterocycles. The van der Waals surface area contributed by atoms with Crippen molar-refractivity contribution in [3.63, 3.8) is 0 Å². The predicted octanol–water partition coefficient (Wildman–Crippen LogP) is 2.08. The van der Waals surface area contributed by atoms with Gasteiger partial charge in [0.2, 0.25) is 5.95 Å². The van der Waals surface area contributed by atoms with Gasteiger partial charge in [-0.15, -0.1) is 0 Å². The Labute approximate surface area is 142 Å². The minimum absolute atomic E-state index is 0.407. The molecule has 0 unspecified atom stereocenters. The molecule has 4 rings (SSSR count). The third-order valence-corrected chi connectivity index (χ3v) is 3.43. The Hall–Kier alpha value is -3.62. The van der Waals surface area contributed by atoms with Gasteiger partial charge in [-0.3, -0.25) is 4.57 Å². The first-order valence-corrected chi connectivity index (χ1v) is 7.56. The predicted molar refractivity (Wildman–Crippen MR) is 89.2 cm³/mol. The summed E-state index contributed by atoms with van der Waals surface area (Å²) in [6.45, 7) is 1.01. The van der Waals surface area contributed by atoms with Crippen molar-refractivity contribution in [3.8, 4) is 17.4 Å². The number of imidazole rings is 1. The van der Waals surface area contributed by atoms with Crippen LogP contribution in [-0.4, -0.2) is 38.8 Å². The van der Waals surface area contributed by atoms with Gasteiger partial charge < -0.3 is 20.1 Å². The molecule has 0 radical (unpaired) electrons. The summed E-state index contributed by atoms with van der Waals surface area (Å²) in [4.78, 5) is 24.4. The van der Waals surface area contributed by atoms with Gasteiger partial charge >= 0.3 is 6.03 Å². The molecule has 3 aromatic rings. The van der Waals surface area contributed by atoms with E-state index in [0.717, 1.165) is 0 Å². The van der Waals surface area contributed by atoms with Crippen LogP contribution >= 0.6 is 0 Å². The van der Waals surface area contributed by atoms with Crippen molar-refractivity contribution < 1.29 is 14.3 Å². The number of anilines is 2.